The molecular weight excluding hydrogens is 357 g/mol. The van der Waals surface area contributed by atoms with Crippen molar-refractivity contribution >= 4 is 23.3 Å². The molecule has 0 atom stereocenters. The van der Waals surface area contributed by atoms with E-state index >= 15 is 0 Å². The first kappa shape index (κ1) is 19.9. The van der Waals surface area contributed by atoms with Gasteiger partial charge in [0, 0.05) is 12.6 Å². The van der Waals surface area contributed by atoms with Gasteiger partial charge in [-0.2, -0.15) is 0 Å². The van der Waals surface area contributed by atoms with Gasteiger partial charge in [-0.15, -0.1) is 0 Å². The lowest BCUT2D eigenvalue weighted by atomic mass is 10.1. The number of nitrogens with one attached hydrogen (secondary N) is 1. The third-order valence-corrected chi connectivity index (χ3v) is 3.37. The Morgan fingerprint density at radius 3 is 2.26 bits per heavy atom. The minimum absolute atomic E-state index is 0.224. The summed E-state index contributed by atoms with van der Waals surface area (Å²) in [6.45, 7) is 0.259. The van der Waals surface area contributed by atoms with Crippen LogP contribution in [0.5, 0.6) is 11.5 Å². The molecule has 0 saturated carbocycles. The zero-order chi connectivity index (χ0) is 19.8. The van der Waals surface area contributed by atoms with Gasteiger partial charge >= 0.3 is 5.97 Å². The predicted molar refractivity (Wildman–Crippen MR) is 94.5 cm³/mol. The van der Waals surface area contributed by atoms with E-state index in [1.165, 1.54) is 26.2 Å². The van der Waals surface area contributed by atoms with Crippen LogP contribution in [0.15, 0.2) is 42.5 Å². The van der Waals surface area contributed by atoms with Gasteiger partial charge in [-0.05, 0) is 42.5 Å². The Balaban J connectivity index is 1.83. The maximum absolute atomic E-state index is 14.0. The van der Waals surface area contributed by atoms with Crippen molar-refractivity contribution in [2.75, 3.05) is 25.6 Å². The van der Waals surface area contributed by atoms with E-state index in [0.717, 1.165) is 6.07 Å². The van der Waals surface area contributed by atoms with Crippen LogP contribution in [0.1, 0.15) is 17.3 Å². The lowest BCUT2D eigenvalue weighted by Gasteiger charge is -2.08. The molecule has 0 aliphatic carbocycles. The van der Waals surface area contributed by atoms with Crippen molar-refractivity contribution in [1.82, 2.24) is 0 Å². The Morgan fingerprint density at radius 2 is 1.67 bits per heavy atom. The molecule has 2 aromatic carbocycles. The maximum atomic E-state index is 14.0. The molecule has 2 aromatic rings. The number of esters is 1. The summed E-state index contributed by atoms with van der Waals surface area (Å²) < 4.78 is 29.0. The fourth-order valence-electron chi connectivity index (χ4n) is 2.10. The van der Waals surface area contributed by atoms with Crippen LogP contribution >= 0.6 is 0 Å². The van der Waals surface area contributed by atoms with Crippen molar-refractivity contribution in [1.29, 1.82) is 0 Å². The zero-order valence-electron chi connectivity index (χ0n) is 14.8. The largest absolute Gasteiger partial charge is 0.497 e. The number of Topliss-reactive ketones (excluding diaryl/α,β-unsaturated/α-hetero) is 1. The number of anilines is 1. The van der Waals surface area contributed by atoms with Gasteiger partial charge in [0.2, 0.25) is 11.7 Å². The minimum Gasteiger partial charge on any atom is -0.497 e. The van der Waals surface area contributed by atoms with E-state index in [4.69, 9.17) is 14.2 Å². The number of ether oxygens (including phenoxy) is 3. The normalized spacial score (nSPS) is 10.0. The van der Waals surface area contributed by atoms with Crippen molar-refractivity contribution < 1.29 is 33.0 Å². The number of carbonyl (C=O) groups excluding carboxylic acids is 3. The highest BCUT2D eigenvalue weighted by atomic mass is 19.1. The quantitative estimate of drug-likeness (QED) is 0.563. The molecular formula is C19H18FNO6. The summed E-state index contributed by atoms with van der Waals surface area (Å²) in [4.78, 5) is 34.6. The van der Waals surface area contributed by atoms with Crippen LogP contribution in [0.2, 0.25) is 0 Å². The number of carbonyl (C=O) groups is 3. The summed E-state index contributed by atoms with van der Waals surface area (Å²) in [7, 11) is 1.53. The molecule has 1 amide bonds. The van der Waals surface area contributed by atoms with E-state index < -0.39 is 30.8 Å². The number of halogens is 1. The van der Waals surface area contributed by atoms with Gasteiger partial charge < -0.3 is 19.5 Å². The second-order valence-electron chi connectivity index (χ2n) is 5.42. The number of methoxy groups -OCH3 is 1. The molecule has 2 rings (SSSR count). The summed E-state index contributed by atoms with van der Waals surface area (Å²) >= 11 is 0. The topological polar surface area (TPSA) is 90.9 Å². The summed E-state index contributed by atoms with van der Waals surface area (Å²) in [6, 6.07) is 10.2. The molecule has 1 N–H and O–H groups in total. The van der Waals surface area contributed by atoms with E-state index in [9.17, 15) is 18.8 Å². The lowest BCUT2D eigenvalue weighted by molar-refractivity contribution is -0.144. The van der Waals surface area contributed by atoms with Crippen LogP contribution in [0.4, 0.5) is 10.1 Å². The Bertz CT molecular complexity index is 835. The molecule has 0 heterocycles. The van der Waals surface area contributed by atoms with Crippen LogP contribution in [-0.2, 0) is 14.3 Å². The molecule has 7 nitrogen and oxygen atoms in total. The van der Waals surface area contributed by atoms with Crippen LogP contribution in [0.3, 0.4) is 0 Å². The highest BCUT2D eigenvalue weighted by Gasteiger charge is 2.15. The van der Waals surface area contributed by atoms with Crippen molar-refractivity contribution in [3.63, 3.8) is 0 Å². The Hall–Kier alpha value is -3.42. The van der Waals surface area contributed by atoms with E-state index in [-0.39, 0.29) is 17.2 Å². The molecule has 0 saturated heterocycles. The van der Waals surface area contributed by atoms with Crippen LogP contribution in [0, 0.1) is 5.82 Å². The first-order chi connectivity index (χ1) is 12.9. The molecule has 0 spiro atoms. The fraction of sp³-hybridized carbons (Fsp3) is 0.211. The second-order valence-corrected chi connectivity index (χ2v) is 5.42. The minimum atomic E-state index is -0.822. The predicted octanol–water partition coefficient (Wildman–Crippen LogP) is 2.60. The molecule has 8 heteroatoms. The lowest BCUT2D eigenvalue weighted by Crippen LogP contribution is -2.20. The third kappa shape index (κ3) is 6.10. The van der Waals surface area contributed by atoms with Gasteiger partial charge in [-0.3, -0.25) is 9.59 Å². The molecule has 0 aliphatic rings. The van der Waals surface area contributed by atoms with Crippen LogP contribution in [0.25, 0.3) is 0 Å². The van der Waals surface area contributed by atoms with Gasteiger partial charge in [0.25, 0.3) is 0 Å². The maximum Gasteiger partial charge on any atom is 0.344 e. The molecule has 0 radical (unpaired) electrons. The average Bonchev–Trinajstić information content (AvgIpc) is 2.64. The van der Waals surface area contributed by atoms with Crippen molar-refractivity contribution in [3.05, 3.63) is 53.8 Å². The molecule has 0 aliphatic heterocycles. The van der Waals surface area contributed by atoms with E-state index in [1.807, 2.05) is 0 Å². The molecule has 0 unspecified atom stereocenters. The van der Waals surface area contributed by atoms with Crippen LogP contribution in [-0.4, -0.2) is 38.0 Å². The molecule has 0 aromatic heterocycles. The van der Waals surface area contributed by atoms with Gasteiger partial charge in [0.05, 0.1) is 12.7 Å². The van der Waals surface area contributed by atoms with Gasteiger partial charge in [-0.25, -0.2) is 9.18 Å². The molecule has 27 heavy (non-hydrogen) atoms. The summed E-state index contributed by atoms with van der Waals surface area (Å²) in [6.07, 6.45) is 0. The van der Waals surface area contributed by atoms with Gasteiger partial charge in [0.1, 0.15) is 17.3 Å². The van der Waals surface area contributed by atoms with Gasteiger partial charge in [-0.1, -0.05) is 0 Å². The van der Waals surface area contributed by atoms with Crippen molar-refractivity contribution in [3.8, 4) is 11.5 Å². The second kappa shape index (κ2) is 9.33. The number of rotatable bonds is 8. The first-order valence-electron chi connectivity index (χ1n) is 7.92. The fourth-order valence-corrected chi connectivity index (χ4v) is 2.10. The SMILES string of the molecule is COc1ccc(OCC(=O)OCC(=O)c2ccc(NC(C)=O)cc2F)cc1. The molecule has 0 fully saturated rings. The summed E-state index contributed by atoms with van der Waals surface area (Å²) in [5.74, 6) is -1.59. The Labute approximate surface area is 155 Å². The smallest absolute Gasteiger partial charge is 0.344 e. The number of amides is 1. The standard InChI is InChI=1S/C19H18FNO6/c1-12(22)21-13-3-8-16(17(20)9-13)18(23)10-27-19(24)11-26-15-6-4-14(25-2)5-7-15/h3-9H,10-11H2,1-2H3,(H,21,22). The number of benzene rings is 2. The van der Waals surface area contributed by atoms with Gasteiger partial charge in [0.15, 0.2) is 13.2 Å². The number of ketones is 1. The number of hydrogen-bond acceptors (Lipinski definition) is 6. The van der Waals surface area contributed by atoms with Crippen LogP contribution < -0.4 is 14.8 Å². The van der Waals surface area contributed by atoms with Crippen molar-refractivity contribution in [2.45, 2.75) is 6.92 Å². The number of hydrogen-bond donors (Lipinski definition) is 1. The summed E-state index contributed by atoms with van der Waals surface area (Å²) in [5.41, 5.74) is -0.0191. The van der Waals surface area contributed by atoms with E-state index in [1.54, 1.807) is 24.3 Å². The average molecular weight is 375 g/mol. The first-order valence-corrected chi connectivity index (χ1v) is 7.92. The third-order valence-electron chi connectivity index (χ3n) is 3.37. The van der Waals surface area contributed by atoms with Crippen molar-refractivity contribution in [2.24, 2.45) is 0 Å². The monoisotopic (exact) mass is 375 g/mol. The highest BCUT2D eigenvalue weighted by Crippen LogP contribution is 2.17. The molecule has 142 valence electrons. The molecule has 0 bridgehead atoms. The van der Waals surface area contributed by atoms with E-state index in [0.29, 0.717) is 11.5 Å². The Morgan fingerprint density at radius 1 is 1.00 bits per heavy atom. The van der Waals surface area contributed by atoms with E-state index in [2.05, 4.69) is 5.32 Å². The highest BCUT2D eigenvalue weighted by molar-refractivity contribution is 5.99. The Kier molecular flexibility index (Phi) is 6.87. The summed E-state index contributed by atoms with van der Waals surface area (Å²) in [5, 5.41) is 2.40. The zero-order valence-corrected chi connectivity index (χ0v) is 14.8.